The number of aromatic nitrogens is 3. The second-order valence-corrected chi connectivity index (χ2v) is 5.62. The van der Waals surface area contributed by atoms with Crippen LogP contribution in [-0.2, 0) is 6.42 Å². The van der Waals surface area contributed by atoms with Crippen LogP contribution < -0.4 is 5.73 Å². The van der Waals surface area contributed by atoms with E-state index in [4.69, 9.17) is 10.3 Å². The normalized spacial score (nSPS) is 10.9. The fourth-order valence-electron chi connectivity index (χ4n) is 2.01. The van der Waals surface area contributed by atoms with Crippen LogP contribution in [0.15, 0.2) is 28.8 Å². The van der Waals surface area contributed by atoms with Gasteiger partial charge in [-0.1, -0.05) is 40.8 Å². The summed E-state index contributed by atoms with van der Waals surface area (Å²) >= 11 is 1.36. The van der Waals surface area contributed by atoms with Gasteiger partial charge in [0.05, 0.1) is 5.69 Å². The first-order chi connectivity index (χ1) is 9.63. The van der Waals surface area contributed by atoms with Gasteiger partial charge in [-0.05, 0) is 25.0 Å². The van der Waals surface area contributed by atoms with Gasteiger partial charge in [0.1, 0.15) is 4.88 Å². The van der Waals surface area contributed by atoms with Crippen LogP contribution in [0.2, 0.25) is 0 Å². The summed E-state index contributed by atoms with van der Waals surface area (Å²) in [5, 5.41) is 4.54. The van der Waals surface area contributed by atoms with Gasteiger partial charge in [-0.2, -0.15) is 4.98 Å². The molecule has 102 valence electrons. The van der Waals surface area contributed by atoms with E-state index in [0.717, 1.165) is 10.6 Å². The molecule has 0 radical (unpaired) electrons. The summed E-state index contributed by atoms with van der Waals surface area (Å²) in [6.07, 6.45) is 0.656. The number of aryl methyl sites for hydroxylation is 2. The summed E-state index contributed by atoms with van der Waals surface area (Å²) in [4.78, 5) is 9.43. The van der Waals surface area contributed by atoms with E-state index in [0.29, 0.717) is 23.3 Å². The molecule has 5 nitrogen and oxygen atoms in total. The van der Waals surface area contributed by atoms with Gasteiger partial charge >= 0.3 is 0 Å². The molecule has 2 N–H and O–H groups in total. The molecule has 0 spiro atoms. The van der Waals surface area contributed by atoms with E-state index in [1.165, 1.54) is 22.5 Å². The average molecular weight is 286 g/mol. The van der Waals surface area contributed by atoms with Crippen LogP contribution in [0, 0.1) is 13.8 Å². The topological polar surface area (TPSA) is 77.8 Å². The number of benzene rings is 1. The van der Waals surface area contributed by atoms with Crippen molar-refractivity contribution in [1.29, 1.82) is 0 Å². The molecule has 1 aromatic carbocycles. The highest BCUT2D eigenvalue weighted by Gasteiger charge is 2.15. The monoisotopic (exact) mass is 286 g/mol. The standard InChI is InChI=1S/C14H14N4OS/c1-8-5-3-4-6-10(8)7-11-17-13(19-18-11)12-9(2)16-14(15)20-12/h3-6H,7H2,1-2H3,(H2,15,16). The molecule has 0 bridgehead atoms. The Morgan fingerprint density at radius 2 is 2.00 bits per heavy atom. The zero-order valence-corrected chi connectivity index (χ0v) is 12.1. The Balaban J connectivity index is 1.88. The second kappa shape index (κ2) is 5.05. The minimum atomic E-state index is 0.486. The van der Waals surface area contributed by atoms with E-state index < -0.39 is 0 Å². The third-order valence-electron chi connectivity index (χ3n) is 3.09. The minimum absolute atomic E-state index is 0.486. The third kappa shape index (κ3) is 2.42. The highest BCUT2D eigenvalue weighted by molar-refractivity contribution is 7.18. The molecule has 0 atom stereocenters. The van der Waals surface area contributed by atoms with Crippen molar-refractivity contribution in [2.24, 2.45) is 0 Å². The Hall–Kier alpha value is -2.21. The van der Waals surface area contributed by atoms with E-state index in [1.54, 1.807) is 0 Å². The van der Waals surface area contributed by atoms with Crippen molar-refractivity contribution in [2.75, 3.05) is 5.73 Å². The van der Waals surface area contributed by atoms with Crippen molar-refractivity contribution in [2.45, 2.75) is 20.3 Å². The van der Waals surface area contributed by atoms with E-state index in [-0.39, 0.29) is 0 Å². The maximum Gasteiger partial charge on any atom is 0.270 e. The molecule has 0 amide bonds. The Labute approximate surface area is 120 Å². The highest BCUT2D eigenvalue weighted by Crippen LogP contribution is 2.30. The largest absolute Gasteiger partial charge is 0.375 e. The molecule has 0 unspecified atom stereocenters. The van der Waals surface area contributed by atoms with Gasteiger partial charge in [0.25, 0.3) is 5.89 Å². The Kier molecular flexibility index (Phi) is 3.23. The molecule has 0 aliphatic rings. The van der Waals surface area contributed by atoms with Crippen molar-refractivity contribution >= 4 is 16.5 Å². The van der Waals surface area contributed by atoms with E-state index in [1.807, 2.05) is 19.1 Å². The molecule has 0 saturated carbocycles. The number of nitrogens with two attached hydrogens (primary N) is 1. The Bertz CT molecular complexity index is 747. The quantitative estimate of drug-likeness (QED) is 0.800. The Morgan fingerprint density at radius 1 is 1.20 bits per heavy atom. The molecular formula is C14H14N4OS. The zero-order chi connectivity index (χ0) is 14.1. The SMILES string of the molecule is Cc1ccccc1Cc1noc(-c2sc(N)nc2C)n1. The average Bonchev–Trinajstić information content (AvgIpc) is 2.99. The first kappa shape index (κ1) is 12.8. The molecule has 3 aromatic rings. The lowest BCUT2D eigenvalue weighted by molar-refractivity contribution is 0.424. The highest BCUT2D eigenvalue weighted by atomic mass is 32.1. The summed E-state index contributed by atoms with van der Waals surface area (Å²) < 4.78 is 5.31. The number of anilines is 1. The number of nitrogen functional groups attached to an aromatic ring is 1. The van der Waals surface area contributed by atoms with Crippen LogP contribution in [0.5, 0.6) is 0 Å². The number of hydrogen-bond donors (Lipinski definition) is 1. The van der Waals surface area contributed by atoms with Crippen LogP contribution >= 0.6 is 11.3 Å². The molecule has 0 aliphatic carbocycles. The van der Waals surface area contributed by atoms with Crippen molar-refractivity contribution in [1.82, 2.24) is 15.1 Å². The number of rotatable bonds is 3. The first-order valence-electron chi connectivity index (χ1n) is 6.24. The number of nitrogens with zero attached hydrogens (tertiary/aromatic N) is 3. The summed E-state index contributed by atoms with van der Waals surface area (Å²) in [5.41, 5.74) is 8.92. The number of thiazole rings is 1. The van der Waals surface area contributed by atoms with Gasteiger partial charge < -0.3 is 10.3 Å². The molecule has 0 saturated heterocycles. The van der Waals surface area contributed by atoms with Crippen LogP contribution in [-0.4, -0.2) is 15.1 Å². The third-order valence-corrected chi connectivity index (χ3v) is 4.06. The predicted octanol–water partition coefficient (Wildman–Crippen LogP) is 2.98. The van der Waals surface area contributed by atoms with E-state index in [9.17, 15) is 0 Å². The van der Waals surface area contributed by atoms with Crippen molar-refractivity contribution in [3.63, 3.8) is 0 Å². The summed E-state index contributed by atoms with van der Waals surface area (Å²) in [6, 6.07) is 8.17. The second-order valence-electron chi connectivity index (χ2n) is 4.59. The predicted molar refractivity (Wildman–Crippen MR) is 78.5 cm³/mol. The van der Waals surface area contributed by atoms with Gasteiger partial charge in [0, 0.05) is 6.42 Å². The summed E-state index contributed by atoms with van der Waals surface area (Å²) in [6.45, 7) is 3.96. The van der Waals surface area contributed by atoms with E-state index >= 15 is 0 Å². The van der Waals surface area contributed by atoms with Crippen LogP contribution in [0.4, 0.5) is 5.13 Å². The fraction of sp³-hybridized carbons (Fsp3) is 0.214. The molecule has 2 aromatic heterocycles. The van der Waals surface area contributed by atoms with E-state index in [2.05, 4.69) is 34.2 Å². The Morgan fingerprint density at radius 3 is 2.70 bits per heavy atom. The van der Waals surface area contributed by atoms with Crippen molar-refractivity contribution < 1.29 is 4.52 Å². The smallest absolute Gasteiger partial charge is 0.270 e. The lowest BCUT2D eigenvalue weighted by Gasteiger charge is -2.00. The molecule has 0 aliphatic heterocycles. The van der Waals surface area contributed by atoms with Gasteiger partial charge in [0.2, 0.25) is 0 Å². The molecule has 3 rings (SSSR count). The lowest BCUT2D eigenvalue weighted by atomic mass is 10.1. The summed E-state index contributed by atoms with van der Waals surface area (Å²) in [7, 11) is 0. The van der Waals surface area contributed by atoms with Gasteiger partial charge in [-0.25, -0.2) is 4.98 Å². The molecule has 2 heterocycles. The van der Waals surface area contributed by atoms with Crippen LogP contribution in [0.25, 0.3) is 10.8 Å². The molecule has 0 fully saturated rings. The van der Waals surface area contributed by atoms with Crippen molar-refractivity contribution in [3.8, 4) is 10.8 Å². The minimum Gasteiger partial charge on any atom is -0.375 e. The fourth-order valence-corrected chi connectivity index (χ4v) is 2.77. The van der Waals surface area contributed by atoms with Gasteiger partial charge in [0.15, 0.2) is 11.0 Å². The first-order valence-corrected chi connectivity index (χ1v) is 7.05. The van der Waals surface area contributed by atoms with Crippen LogP contribution in [0.1, 0.15) is 22.6 Å². The maximum absolute atomic E-state index is 5.68. The van der Waals surface area contributed by atoms with Crippen LogP contribution in [0.3, 0.4) is 0 Å². The molecule has 20 heavy (non-hydrogen) atoms. The number of hydrogen-bond acceptors (Lipinski definition) is 6. The summed E-state index contributed by atoms with van der Waals surface area (Å²) in [5.74, 6) is 1.15. The molecule has 6 heteroatoms. The van der Waals surface area contributed by atoms with Gasteiger partial charge in [-0.3, -0.25) is 0 Å². The van der Waals surface area contributed by atoms with Crippen molar-refractivity contribution in [3.05, 3.63) is 46.9 Å². The van der Waals surface area contributed by atoms with Gasteiger partial charge in [-0.15, -0.1) is 0 Å². The zero-order valence-electron chi connectivity index (χ0n) is 11.3. The maximum atomic E-state index is 5.68. The lowest BCUT2D eigenvalue weighted by Crippen LogP contribution is -1.93. The molecular weight excluding hydrogens is 272 g/mol.